The Morgan fingerprint density at radius 1 is 1.53 bits per heavy atom. The van der Waals surface area contributed by atoms with Gasteiger partial charge in [-0.25, -0.2) is 4.39 Å². The SMILES string of the molecule is CC(C)(CCN)C(=O)Nc1ccc(F)c(Cl)c1. The van der Waals surface area contributed by atoms with Gasteiger partial charge in [-0.1, -0.05) is 25.4 Å². The summed E-state index contributed by atoms with van der Waals surface area (Å²) in [6, 6.07) is 4.07. The zero-order chi connectivity index (χ0) is 13.1. The third-order valence-corrected chi connectivity index (χ3v) is 2.85. The molecule has 17 heavy (non-hydrogen) atoms. The molecule has 0 saturated heterocycles. The lowest BCUT2D eigenvalue weighted by Crippen LogP contribution is -2.32. The largest absolute Gasteiger partial charge is 0.330 e. The zero-order valence-electron chi connectivity index (χ0n) is 9.89. The van der Waals surface area contributed by atoms with Gasteiger partial charge in [0.15, 0.2) is 0 Å². The van der Waals surface area contributed by atoms with E-state index in [1.165, 1.54) is 18.2 Å². The van der Waals surface area contributed by atoms with E-state index >= 15 is 0 Å². The standard InChI is InChI=1S/C12H16ClFN2O/c1-12(2,5-6-15)11(17)16-8-3-4-10(14)9(13)7-8/h3-4,7H,5-6,15H2,1-2H3,(H,16,17). The van der Waals surface area contributed by atoms with Crippen LogP contribution in [-0.4, -0.2) is 12.5 Å². The van der Waals surface area contributed by atoms with Crippen LogP contribution in [0.1, 0.15) is 20.3 Å². The van der Waals surface area contributed by atoms with Crippen molar-refractivity contribution < 1.29 is 9.18 Å². The van der Waals surface area contributed by atoms with Crippen LogP contribution in [0.5, 0.6) is 0 Å². The summed E-state index contributed by atoms with van der Waals surface area (Å²) in [6.45, 7) is 4.05. The van der Waals surface area contributed by atoms with E-state index in [2.05, 4.69) is 5.32 Å². The normalized spacial score (nSPS) is 11.4. The maximum atomic E-state index is 12.9. The average Bonchev–Trinajstić information content (AvgIpc) is 2.23. The fourth-order valence-corrected chi connectivity index (χ4v) is 1.53. The molecule has 0 fully saturated rings. The van der Waals surface area contributed by atoms with Crippen molar-refractivity contribution in [2.75, 3.05) is 11.9 Å². The van der Waals surface area contributed by atoms with Crippen LogP contribution in [0.3, 0.4) is 0 Å². The van der Waals surface area contributed by atoms with Crippen molar-refractivity contribution in [1.82, 2.24) is 0 Å². The third kappa shape index (κ3) is 3.68. The molecule has 94 valence electrons. The van der Waals surface area contributed by atoms with E-state index in [-0.39, 0.29) is 10.9 Å². The maximum Gasteiger partial charge on any atom is 0.230 e. The van der Waals surface area contributed by atoms with Gasteiger partial charge in [-0.2, -0.15) is 0 Å². The van der Waals surface area contributed by atoms with Crippen molar-refractivity contribution in [2.45, 2.75) is 20.3 Å². The molecule has 0 unspecified atom stereocenters. The smallest absolute Gasteiger partial charge is 0.230 e. The van der Waals surface area contributed by atoms with Crippen molar-refractivity contribution in [2.24, 2.45) is 11.1 Å². The van der Waals surface area contributed by atoms with Gasteiger partial charge >= 0.3 is 0 Å². The molecule has 1 aromatic rings. The number of hydrogen-bond donors (Lipinski definition) is 2. The molecular weight excluding hydrogens is 243 g/mol. The van der Waals surface area contributed by atoms with Crippen LogP contribution in [0.25, 0.3) is 0 Å². The van der Waals surface area contributed by atoms with E-state index in [0.29, 0.717) is 18.7 Å². The van der Waals surface area contributed by atoms with Gasteiger partial charge in [0, 0.05) is 11.1 Å². The number of nitrogens with two attached hydrogens (primary N) is 1. The second-order valence-corrected chi connectivity index (χ2v) is 4.91. The molecule has 3 nitrogen and oxygen atoms in total. The fourth-order valence-electron chi connectivity index (χ4n) is 1.35. The molecule has 0 aliphatic heterocycles. The summed E-state index contributed by atoms with van der Waals surface area (Å²) in [7, 11) is 0. The zero-order valence-corrected chi connectivity index (χ0v) is 10.6. The Hall–Kier alpha value is -1.13. The minimum Gasteiger partial charge on any atom is -0.330 e. The fraction of sp³-hybridized carbons (Fsp3) is 0.417. The first-order chi connectivity index (χ1) is 7.86. The van der Waals surface area contributed by atoms with Gasteiger partial charge in [0.25, 0.3) is 0 Å². The number of carbonyl (C=O) groups is 1. The predicted molar refractivity (Wildman–Crippen MR) is 67.5 cm³/mol. The van der Waals surface area contributed by atoms with E-state index in [4.69, 9.17) is 17.3 Å². The molecule has 3 N–H and O–H groups in total. The number of carbonyl (C=O) groups excluding carboxylic acids is 1. The van der Waals surface area contributed by atoms with E-state index in [0.717, 1.165) is 0 Å². The van der Waals surface area contributed by atoms with Crippen molar-refractivity contribution in [3.05, 3.63) is 29.0 Å². The van der Waals surface area contributed by atoms with Gasteiger partial charge < -0.3 is 11.1 Å². The number of amides is 1. The highest BCUT2D eigenvalue weighted by Crippen LogP contribution is 2.24. The Kier molecular flexibility index (Phi) is 4.48. The van der Waals surface area contributed by atoms with Crippen molar-refractivity contribution in [3.63, 3.8) is 0 Å². The first-order valence-corrected chi connectivity index (χ1v) is 5.71. The number of nitrogens with one attached hydrogen (secondary N) is 1. The number of hydrogen-bond acceptors (Lipinski definition) is 2. The van der Waals surface area contributed by atoms with Gasteiger partial charge in [0.05, 0.1) is 5.02 Å². The third-order valence-electron chi connectivity index (χ3n) is 2.56. The molecule has 0 aliphatic rings. The molecule has 0 saturated carbocycles. The summed E-state index contributed by atoms with van der Waals surface area (Å²) in [4.78, 5) is 11.9. The first-order valence-electron chi connectivity index (χ1n) is 5.33. The molecule has 1 aromatic carbocycles. The van der Waals surface area contributed by atoms with E-state index in [1.807, 2.05) is 0 Å². The van der Waals surface area contributed by atoms with Crippen LogP contribution < -0.4 is 11.1 Å². The Morgan fingerprint density at radius 3 is 2.71 bits per heavy atom. The molecule has 0 aliphatic carbocycles. The highest BCUT2D eigenvalue weighted by Gasteiger charge is 2.26. The minimum absolute atomic E-state index is 0.0144. The van der Waals surface area contributed by atoms with Crippen LogP contribution in [0.15, 0.2) is 18.2 Å². The lowest BCUT2D eigenvalue weighted by Gasteiger charge is -2.22. The lowest BCUT2D eigenvalue weighted by molar-refractivity contribution is -0.124. The van der Waals surface area contributed by atoms with Gasteiger partial charge in [-0.05, 0) is 31.2 Å². The molecule has 0 spiro atoms. The summed E-state index contributed by atoms with van der Waals surface area (Å²) in [6.07, 6.45) is 0.577. The van der Waals surface area contributed by atoms with Crippen LogP contribution in [0, 0.1) is 11.2 Å². The highest BCUT2D eigenvalue weighted by molar-refractivity contribution is 6.31. The van der Waals surface area contributed by atoms with Crippen LogP contribution >= 0.6 is 11.6 Å². The summed E-state index contributed by atoms with van der Waals surface area (Å²) >= 11 is 5.63. The monoisotopic (exact) mass is 258 g/mol. The molecule has 1 rings (SSSR count). The molecule has 0 heterocycles. The first kappa shape index (κ1) is 13.9. The summed E-state index contributed by atoms with van der Waals surface area (Å²) in [5, 5.41) is 2.68. The van der Waals surface area contributed by atoms with Crippen LogP contribution in [0.2, 0.25) is 5.02 Å². The van der Waals surface area contributed by atoms with Crippen molar-refractivity contribution in [3.8, 4) is 0 Å². The Bertz CT molecular complexity index is 421. The maximum absolute atomic E-state index is 12.9. The number of anilines is 1. The predicted octanol–water partition coefficient (Wildman–Crippen LogP) is 2.79. The Morgan fingerprint density at radius 2 is 2.18 bits per heavy atom. The average molecular weight is 259 g/mol. The van der Waals surface area contributed by atoms with Gasteiger partial charge in [0.2, 0.25) is 5.91 Å². The van der Waals surface area contributed by atoms with Gasteiger partial charge in [-0.15, -0.1) is 0 Å². The molecule has 0 aromatic heterocycles. The van der Waals surface area contributed by atoms with Crippen LogP contribution in [0.4, 0.5) is 10.1 Å². The molecule has 0 radical (unpaired) electrons. The lowest BCUT2D eigenvalue weighted by atomic mass is 9.88. The van der Waals surface area contributed by atoms with Crippen molar-refractivity contribution >= 4 is 23.2 Å². The highest BCUT2D eigenvalue weighted by atomic mass is 35.5. The topological polar surface area (TPSA) is 55.1 Å². The number of rotatable bonds is 4. The molecule has 0 bridgehead atoms. The minimum atomic E-state index is -0.560. The summed E-state index contributed by atoms with van der Waals surface area (Å²) in [5.74, 6) is -0.670. The summed E-state index contributed by atoms with van der Waals surface area (Å²) < 4.78 is 12.9. The second kappa shape index (κ2) is 5.47. The van der Waals surface area contributed by atoms with Gasteiger partial charge in [0.1, 0.15) is 5.82 Å². The number of halogens is 2. The van der Waals surface area contributed by atoms with Gasteiger partial charge in [-0.3, -0.25) is 4.79 Å². The molecule has 5 heteroatoms. The van der Waals surface area contributed by atoms with Crippen molar-refractivity contribution in [1.29, 1.82) is 0 Å². The quantitative estimate of drug-likeness (QED) is 0.873. The van der Waals surface area contributed by atoms with Crippen LogP contribution in [-0.2, 0) is 4.79 Å². The molecule has 0 atom stereocenters. The van der Waals surface area contributed by atoms with E-state index < -0.39 is 11.2 Å². The van der Waals surface area contributed by atoms with E-state index in [1.54, 1.807) is 13.8 Å². The number of benzene rings is 1. The Labute approximate surface area is 105 Å². The molecule has 1 amide bonds. The Balaban J connectivity index is 2.77. The van der Waals surface area contributed by atoms with E-state index in [9.17, 15) is 9.18 Å². The molecular formula is C12H16ClFN2O. The summed E-state index contributed by atoms with van der Waals surface area (Å²) in [5.41, 5.74) is 5.36. The second-order valence-electron chi connectivity index (χ2n) is 4.51.